The van der Waals surface area contributed by atoms with Crippen LogP contribution >= 0.6 is 0 Å². The topological polar surface area (TPSA) is 84.3 Å². The number of carbonyl (C=O) groups is 1. The summed E-state index contributed by atoms with van der Waals surface area (Å²) in [6.45, 7) is 6.55. The van der Waals surface area contributed by atoms with Crippen molar-refractivity contribution in [1.29, 1.82) is 0 Å². The molecule has 1 N–H and O–H groups in total. The summed E-state index contributed by atoms with van der Waals surface area (Å²) in [5, 5.41) is 3.81. The van der Waals surface area contributed by atoms with Gasteiger partial charge in [-0.05, 0) is 32.4 Å². The van der Waals surface area contributed by atoms with E-state index in [0.29, 0.717) is 30.6 Å². The Morgan fingerprint density at radius 2 is 2.29 bits per heavy atom. The Kier molecular flexibility index (Phi) is 3.50. The maximum Gasteiger partial charge on any atom is 0.271 e. The second-order valence-corrected chi connectivity index (χ2v) is 5.23. The standard InChI is InChI=1S/C14H18N4O3/c1-8-4-5-15-11(8)14(19)18-6-7-20-9(2)12(18)13-16-10(3)17-21-13/h4-5,9,12,15H,6-7H2,1-3H3/t9-,12+/m1/s1. The third-order valence-corrected chi connectivity index (χ3v) is 3.72. The van der Waals surface area contributed by atoms with Crippen LogP contribution in [0.4, 0.5) is 0 Å². The Labute approximate surface area is 122 Å². The molecule has 0 aromatic carbocycles. The van der Waals surface area contributed by atoms with Crippen molar-refractivity contribution in [3.63, 3.8) is 0 Å². The maximum absolute atomic E-state index is 12.8. The van der Waals surface area contributed by atoms with Gasteiger partial charge in [-0.15, -0.1) is 0 Å². The molecule has 1 aliphatic rings. The summed E-state index contributed by atoms with van der Waals surface area (Å²) < 4.78 is 10.9. The van der Waals surface area contributed by atoms with Gasteiger partial charge in [-0.1, -0.05) is 5.16 Å². The van der Waals surface area contributed by atoms with E-state index in [9.17, 15) is 4.79 Å². The summed E-state index contributed by atoms with van der Waals surface area (Å²) in [4.78, 5) is 21.8. The highest BCUT2D eigenvalue weighted by atomic mass is 16.5. The van der Waals surface area contributed by atoms with E-state index in [1.54, 1.807) is 18.0 Å². The van der Waals surface area contributed by atoms with Gasteiger partial charge >= 0.3 is 0 Å². The minimum atomic E-state index is -0.366. The molecule has 0 radical (unpaired) electrons. The molecule has 1 amide bonds. The number of rotatable bonds is 2. The molecule has 2 aromatic rings. The van der Waals surface area contributed by atoms with Crippen molar-refractivity contribution in [2.24, 2.45) is 0 Å². The second kappa shape index (κ2) is 5.33. The SMILES string of the molecule is Cc1noc([C@@H]2[C@@H](C)OCCN2C(=O)c2[nH]ccc2C)n1. The third kappa shape index (κ3) is 2.44. The number of aromatic nitrogens is 3. The van der Waals surface area contributed by atoms with E-state index in [1.807, 2.05) is 19.9 Å². The van der Waals surface area contributed by atoms with Crippen LogP contribution in [0.1, 0.15) is 40.7 Å². The molecule has 0 spiro atoms. The Morgan fingerprint density at radius 3 is 2.90 bits per heavy atom. The molecular formula is C14H18N4O3. The zero-order valence-corrected chi connectivity index (χ0v) is 12.3. The van der Waals surface area contributed by atoms with Gasteiger partial charge in [0.15, 0.2) is 5.82 Å². The molecule has 2 aromatic heterocycles. The lowest BCUT2D eigenvalue weighted by Crippen LogP contribution is -2.47. The molecule has 1 saturated heterocycles. The quantitative estimate of drug-likeness (QED) is 0.908. The molecule has 7 nitrogen and oxygen atoms in total. The molecule has 1 fully saturated rings. The Hall–Kier alpha value is -2.15. The van der Waals surface area contributed by atoms with Gasteiger partial charge in [0.25, 0.3) is 11.8 Å². The van der Waals surface area contributed by atoms with Gasteiger partial charge in [-0.25, -0.2) is 0 Å². The highest BCUT2D eigenvalue weighted by Gasteiger charge is 2.38. The second-order valence-electron chi connectivity index (χ2n) is 5.23. The number of H-pyrrole nitrogens is 1. The van der Waals surface area contributed by atoms with Gasteiger partial charge in [0.1, 0.15) is 11.7 Å². The molecule has 112 valence electrons. The Balaban J connectivity index is 1.94. The summed E-state index contributed by atoms with van der Waals surface area (Å²) in [6, 6.07) is 1.51. The number of carbonyl (C=O) groups excluding carboxylic acids is 1. The van der Waals surface area contributed by atoms with Gasteiger partial charge in [-0.3, -0.25) is 4.79 Å². The van der Waals surface area contributed by atoms with Gasteiger partial charge in [0.05, 0.1) is 12.7 Å². The summed E-state index contributed by atoms with van der Waals surface area (Å²) in [7, 11) is 0. The van der Waals surface area contributed by atoms with E-state index in [1.165, 1.54) is 0 Å². The molecule has 0 unspecified atom stereocenters. The first-order valence-corrected chi connectivity index (χ1v) is 6.94. The zero-order chi connectivity index (χ0) is 15.0. The van der Waals surface area contributed by atoms with Crippen molar-refractivity contribution >= 4 is 5.91 Å². The number of hydrogen-bond acceptors (Lipinski definition) is 5. The third-order valence-electron chi connectivity index (χ3n) is 3.72. The Bertz CT molecular complexity index is 648. The molecule has 21 heavy (non-hydrogen) atoms. The fourth-order valence-electron chi connectivity index (χ4n) is 2.64. The molecule has 7 heteroatoms. The van der Waals surface area contributed by atoms with Crippen LogP contribution in [0.15, 0.2) is 16.8 Å². The maximum atomic E-state index is 12.8. The zero-order valence-electron chi connectivity index (χ0n) is 12.3. The number of hydrogen-bond donors (Lipinski definition) is 1. The van der Waals surface area contributed by atoms with Crippen LogP contribution in [0.5, 0.6) is 0 Å². The number of amides is 1. The van der Waals surface area contributed by atoms with Crippen LogP contribution in [0.25, 0.3) is 0 Å². The normalized spacial score (nSPS) is 22.5. The number of aryl methyl sites for hydroxylation is 2. The van der Waals surface area contributed by atoms with E-state index in [-0.39, 0.29) is 18.1 Å². The molecule has 0 saturated carbocycles. The lowest BCUT2D eigenvalue weighted by atomic mass is 10.1. The van der Waals surface area contributed by atoms with E-state index in [2.05, 4.69) is 15.1 Å². The summed E-state index contributed by atoms with van der Waals surface area (Å²) in [5.74, 6) is 0.886. The molecule has 0 bridgehead atoms. The van der Waals surface area contributed by atoms with Gasteiger partial charge < -0.3 is 19.1 Å². The summed E-state index contributed by atoms with van der Waals surface area (Å²) in [6.07, 6.45) is 1.57. The van der Waals surface area contributed by atoms with E-state index < -0.39 is 0 Å². The number of nitrogens with one attached hydrogen (secondary N) is 1. The molecular weight excluding hydrogens is 272 g/mol. The first kappa shape index (κ1) is 13.8. The van der Waals surface area contributed by atoms with E-state index in [0.717, 1.165) is 5.56 Å². The van der Waals surface area contributed by atoms with Crippen LogP contribution in [-0.2, 0) is 4.74 Å². The summed E-state index contributed by atoms with van der Waals surface area (Å²) >= 11 is 0. The van der Waals surface area contributed by atoms with Crippen LogP contribution in [-0.4, -0.2) is 45.2 Å². The fraction of sp³-hybridized carbons (Fsp3) is 0.500. The monoisotopic (exact) mass is 290 g/mol. The molecule has 2 atom stereocenters. The smallest absolute Gasteiger partial charge is 0.271 e. The van der Waals surface area contributed by atoms with Crippen molar-refractivity contribution < 1.29 is 14.1 Å². The molecule has 3 heterocycles. The van der Waals surface area contributed by atoms with E-state index >= 15 is 0 Å². The number of ether oxygens (including phenoxy) is 1. The van der Waals surface area contributed by atoms with Crippen molar-refractivity contribution in [1.82, 2.24) is 20.0 Å². The fourth-order valence-corrected chi connectivity index (χ4v) is 2.64. The first-order valence-electron chi connectivity index (χ1n) is 6.94. The highest BCUT2D eigenvalue weighted by molar-refractivity contribution is 5.94. The predicted molar refractivity (Wildman–Crippen MR) is 73.8 cm³/mol. The number of morpholine rings is 1. The number of nitrogens with zero attached hydrogens (tertiary/aromatic N) is 3. The van der Waals surface area contributed by atoms with Crippen LogP contribution in [0, 0.1) is 13.8 Å². The lowest BCUT2D eigenvalue weighted by Gasteiger charge is -2.37. The summed E-state index contributed by atoms with van der Waals surface area (Å²) in [5.41, 5.74) is 1.50. The van der Waals surface area contributed by atoms with Gasteiger partial charge in [0, 0.05) is 12.7 Å². The van der Waals surface area contributed by atoms with E-state index in [4.69, 9.17) is 9.26 Å². The minimum Gasteiger partial charge on any atom is -0.374 e. The van der Waals surface area contributed by atoms with Crippen LogP contribution < -0.4 is 0 Å². The lowest BCUT2D eigenvalue weighted by molar-refractivity contribution is -0.0602. The van der Waals surface area contributed by atoms with Crippen molar-refractivity contribution in [2.45, 2.75) is 32.9 Å². The van der Waals surface area contributed by atoms with Gasteiger partial charge in [0.2, 0.25) is 0 Å². The largest absolute Gasteiger partial charge is 0.374 e. The molecule has 3 rings (SSSR count). The van der Waals surface area contributed by atoms with Crippen LogP contribution in [0.2, 0.25) is 0 Å². The first-order chi connectivity index (χ1) is 10.1. The van der Waals surface area contributed by atoms with Crippen molar-refractivity contribution in [2.75, 3.05) is 13.2 Å². The molecule has 1 aliphatic heterocycles. The minimum absolute atomic E-state index is 0.0755. The predicted octanol–water partition coefficient (Wildman–Crippen LogP) is 1.62. The van der Waals surface area contributed by atoms with Crippen molar-refractivity contribution in [3.05, 3.63) is 35.2 Å². The average Bonchev–Trinajstić information content (AvgIpc) is 3.06. The highest BCUT2D eigenvalue weighted by Crippen LogP contribution is 2.30. The number of aromatic amines is 1. The van der Waals surface area contributed by atoms with Gasteiger partial charge in [-0.2, -0.15) is 4.98 Å². The van der Waals surface area contributed by atoms with Crippen LogP contribution in [0.3, 0.4) is 0 Å². The average molecular weight is 290 g/mol. The molecule has 0 aliphatic carbocycles. The van der Waals surface area contributed by atoms with Crippen molar-refractivity contribution in [3.8, 4) is 0 Å². The Morgan fingerprint density at radius 1 is 1.48 bits per heavy atom.